The number of amides is 2. The molecule has 1 unspecified atom stereocenters. The van der Waals surface area contributed by atoms with Crippen molar-refractivity contribution in [2.24, 2.45) is 5.41 Å². The zero-order chi connectivity index (χ0) is 28.0. The molecule has 0 aliphatic carbocycles. The summed E-state index contributed by atoms with van der Waals surface area (Å²) in [6, 6.07) is 12.6. The van der Waals surface area contributed by atoms with Crippen LogP contribution in [0.2, 0.25) is 5.15 Å². The molecule has 1 N–H and O–H groups in total. The summed E-state index contributed by atoms with van der Waals surface area (Å²) >= 11 is 6.02. The number of rotatable bonds is 9. The molecule has 4 rings (SSSR count). The molecule has 2 amide bonds. The molecule has 2 aliphatic heterocycles. The van der Waals surface area contributed by atoms with Crippen molar-refractivity contribution < 1.29 is 14.3 Å². The quantitative estimate of drug-likeness (QED) is 0.433. The van der Waals surface area contributed by atoms with Crippen molar-refractivity contribution >= 4 is 23.4 Å². The Balaban J connectivity index is 1.32. The smallest absolute Gasteiger partial charge is 0.253 e. The van der Waals surface area contributed by atoms with Crippen molar-refractivity contribution in [3.05, 3.63) is 63.9 Å². The minimum atomic E-state index is -0.355. The average Bonchev–Trinajstić information content (AvgIpc) is 2.92. The predicted octanol–water partition coefficient (Wildman–Crippen LogP) is 5.17. The maximum absolute atomic E-state index is 13.9. The number of likely N-dealkylation sites (tertiary alicyclic amines) is 1. The van der Waals surface area contributed by atoms with Gasteiger partial charge in [-0.25, -0.2) is 4.98 Å². The summed E-state index contributed by atoms with van der Waals surface area (Å²) in [4.78, 5) is 35.6. The molecule has 2 saturated heterocycles. The number of pyridine rings is 1. The highest BCUT2D eigenvalue weighted by molar-refractivity contribution is 6.29. The fraction of sp³-hybridized carbons (Fsp3) is 0.581. The SMILES string of the molecule is Cc1cc(Cl)nc(C)c1C(=O)NCCC(C)N1CCC(N(Cc2ccccc2)C(=O)C2(C)CCOCC2)CC1. The number of ether oxygens (including phenoxy) is 1. The molecular weight excluding hydrogens is 512 g/mol. The van der Waals surface area contributed by atoms with Gasteiger partial charge in [-0.2, -0.15) is 0 Å². The number of hydrogen-bond donors (Lipinski definition) is 1. The van der Waals surface area contributed by atoms with E-state index in [-0.39, 0.29) is 23.3 Å². The Morgan fingerprint density at radius 2 is 1.85 bits per heavy atom. The number of carbonyl (C=O) groups is 2. The van der Waals surface area contributed by atoms with Crippen LogP contribution in [0.1, 0.15) is 73.1 Å². The van der Waals surface area contributed by atoms with Crippen molar-refractivity contribution in [3.8, 4) is 0 Å². The first kappa shape index (κ1) is 29.5. The van der Waals surface area contributed by atoms with E-state index in [0.717, 1.165) is 50.8 Å². The second kappa shape index (κ2) is 13.2. The Morgan fingerprint density at radius 3 is 2.49 bits per heavy atom. The zero-order valence-electron chi connectivity index (χ0n) is 23.8. The normalized spacial score (nSPS) is 18.9. The standard InChI is InChI=1S/C31H43ClN4O3/c1-22-20-27(32)34-24(3)28(22)29(37)33-15-10-23(2)35-16-11-26(12-17-35)36(21-25-8-6-5-7-9-25)30(38)31(4)13-18-39-19-14-31/h5-9,20,23,26H,10-19,21H2,1-4H3,(H,33,37). The van der Waals surface area contributed by atoms with Crippen LogP contribution in [0.15, 0.2) is 36.4 Å². The van der Waals surface area contributed by atoms with Crippen molar-refractivity contribution in [2.75, 3.05) is 32.8 Å². The number of aromatic nitrogens is 1. The molecule has 2 fully saturated rings. The topological polar surface area (TPSA) is 74.8 Å². The van der Waals surface area contributed by atoms with Gasteiger partial charge in [0.2, 0.25) is 5.91 Å². The van der Waals surface area contributed by atoms with Gasteiger partial charge in [-0.05, 0) is 70.1 Å². The first-order valence-electron chi connectivity index (χ1n) is 14.3. The minimum absolute atomic E-state index is 0.100. The molecule has 3 heterocycles. The average molecular weight is 555 g/mol. The van der Waals surface area contributed by atoms with Gasteiger partial charge in [-0.15, -0.1) is 0 Å². The van der Waals surface area contributed by atoms with E-state index in [4.69, 9.17) is 16.3 Å². The van der Waals surface area contributed by atoms with E-state index in [2.05, 4.69) is 46.1 Å². The summed E-state index contributed by atoms with van der Waals surface area (Å²) in [6.07, 6.45) is 4.33. The first-order chi connectivity index (χ1) is 18.7. The highest BCUT2D eigenvalue weighted by Gasteiger charge is 2.41. The van der Waals surface area contributed by atoms with Crippen molar-refractivity contribution in [3.63, 3.8) is 0 Å². The predicted molar refractivity (Wildman–Crippen MR) is 155 cm³/mol. The molecule has 2 aliphatic rings. The van der Waals surface area contributed by atoms with Gasteiger partial charge in [0, 0.05) is 51.5 Å². The molecule has 0 spiro atoms. The molecule has 8 heteroatoms. The van der Waals surface area contributed by atoms with Crippen molar-refractivity contribution in [2.45, 2.75) is 78.4 Å². The highest BCUT2D eigenvalue weighted by atomic mass is 35.5. The van der Waals surface area contributed by atoms with Crippen LogP contribution in [0.3, 0.4) is 0 Å². The third kappa shape index (κ3) is 7.38. The van der Waals surface area contributed by atoms with Crippen LogP contribution in [-0.4, -0.2) is 71.5 Å². The molecule has 1 aromatic heterocycles. The summed E-state index contributed by atoms with van der Waals surface area (Å²) in [5, 5.41) is 3.47. The molecule has 7 nitrogen and oxygen atoms in total. The summed E-state index contributed by atoms with van der Waals surface area (Å²) in [7, 11) is 0. The number of nitrogens with one attached hydrogen (secondary N) is 1. The lowest BCUT2D eigenvalue weighted by Crippen LogP contribution is -2.53. The van der Waals surface area contributed by atoms with E-state index in [1.165, 1.54) is 5.56 Å². The summed E-state index contributed by atoms with van der Waals surface area (Å²) < 4.78 is 5.58. The van der Waals surface area contributed by atoms with Crippen LogP contribution in [0.25, 0.3) is 0 Å². The van der Waals surface area contributed by atoms with E-state index >= 15 is 0 Å². The maximum atomic E-state index is 13.9. The van der Waals surface area contributed by atoms with Crippen LogP contribution in [0, 0.1) is 19.3 Å². The van der Waals surface area contributed by atoms with Gasteiger partial charge >= 0.3 is 0 Å². The maximum Gasteiger partial charge on any atom is 0.253 e. The van der Waals surface area contributed by atoms with Gasteiger partial charge < -0.3 is 19.9 Å². The van der Waals surface area contributed by atoms with E-state index in [1.807, 2.05) is 32.0 Å². The lowest BCUT2D eigenvalue weighted by Gasteiger charge is -2.44. The van der Waals surface area contributed by atoms with Crippen LogP contribution in [-0.2, 0) is 16.1 Å². The fourth-order valence-electron chi connectivity index (χ4n) is 5.96. The Hall–Kier alpha value is -2.48. The molecular formula is C31H43ClN4O3. The van der Waals surface area contributed by atoms with E-state index < -0.39 is 0 Å². The highest BCUT2D eigenvalue weighted by Crippen LogP contribution is 2.35. The van der Waals surface area contributed by atoms with Gasteiger partial charge in [0.05, 0.1) is 16.7 Å². The van der Waals surface area contributed by atoms with E-state index in [1.54, 1.807) is 6.07 Å². The lowest BCUT2D eigenvalue weighted by atomic mass is 9.80. The molecule has 0 bridgehead atoms. The zero-order valence-corrected chi connectivity index (χ0v) is 24.6. The van der Waals surface area contributed by atoms with Crippen molar-refractivity contribution in [1.82, 2.24) is 20.1 Å². The van der Waals surface area contributed by atoms with Gasteiger partial charge in [-0.3, -0.25) is 9.59 Å². The number of halogens is 1. The number of hydrogen-bond acceptors (Lipinski definition) is 5. The monoisotopic (exact) mass is 554 g/mol. The second-order valence-electron chi connectivity index (χ2n) is 11.5. The lowest BCUT2D eigenvalue weighted by molar-refractivity contribution is -0.151. The number of benzene rings is 1. The third-order valence-corrected chi connectivity index (χ3v) is 8.77. The minimum Gasteiger partial charge on any atom is -0.381 e. The summed E-state index contributed by atoms with van der Waals surface area (Å²) in [5.41, 5.74) is 2.91. The first-order valence-corrected chi connectivity index (χ1v) is 14.6. The van der Waals surface area contributed by atoms with Crippen LogP contribution < -0.4 is 5.32 Å². The number of aryl methyl sites for hydroxylation is 2. The van der Waals surface area contributed by atoms with E-state index in [9.17, 15) is 9.59 Å². The van der Waals surface area contributed by atoms with Gasteiger partial charge in [0.1, 0.15) is 5.15 Å². The van der Waals surface area contributed by atoms with Crippen LogP contribution >= 0.6 is 11.6 Å². The Labute approximate surface area is 238 Å². The van der Waals surface area contributed by atoms with Crippen molar-refractivity contribution in [1.29, 1.82) is 0 Å². The van der Waals surface area contributed by atoms with Crippen LogP contribution in [0.4, 0.5) is 0 Å². The molecule has 39 heavy (non-hydrogen) atoms. The molecule has 0 radical (unpaired) electrons. The van der Waals surface area contributed by atoms with Gasteiger partial charge in [-0.1, -0.05) is 48.9 Å². The molecule has 1 atom stereocenters. The number of carbonyl (C=O) groups excluding carboxylic acids is 2. The Bertz CT molecular complexity index is 1100. The summed E-state index contributed by atoms with van der Waals surface area (Å²) in [5.74, 6) is 0.169. The fourth-order valence-corrected chi connectivity index (χ4v) is 6.25. The largest absolute Gasteiger partial charge is 0.381 e. The Kier molecular flexibility index (Phi) is 10.0. The third-order valence-electron chi connectivity index (χ3n) is 8.57. The summed E-state index contributed by atoms with van der Waals surface area (Å²) in [6.45, 7) is 12.5. The molecule has 0 saturated carbocycles. The van der Waals surface area contributed by atoms with Gasteiger partial charge in [0.25, 0.3) is 5.91 Å². The van der Waals surface area contributed by atoms with Crippen LogP contribution in [0.5, 0.6) is 0 Å². The number of piperidine rings is 1. The van der Waals surface area contributed by atoms with E-state index in [0.29, 0.717) is 48.8 Å². The number of nitrogens with zero attached hydrogens (tertiary/aromatic N) is 3. The molecule has 1 aromatic carbocycles. The van der Waals surface area contributed by atoms with Gasteiger partial charge in [0.15, 0.2) is 0 Å². The second-order valence-corrected chi connectivity index (χ2v) is 11.9. The Morgan fingerprint density at radius 1 is 1.18 bits per heavy atom. The molecule has 212 valence electrons. The molecule has 2 aromatic rings.